The van der Waals surface area contributed by atoms with Crippen LogP contribution in [0.1, 0.15) is 23.0 Å². The van der Waals surface area contributed by atoms with E-state index in [9.17, 15) is 4.79 Å². The predicted octanol–water partition coefficient (Wildman–Crippen LogP) is 3.12. The second-order valence-electron chi connectivity index (χ2n) is 4.95. The standard InChI is InChI=1S/C16H15ClN4O2/c1-3-23-16(22)11-8-19-15-13(9(2)20-21(15)14(11)18)10-6-4-5-7-12(10)17/h4-8H,3,18H2,1-2H3. The zero-order valence-electron chi connectivity index (χ0n) is 12.7. The lowest BCUT2D eigenvalue weighted by Crippen LogP contribution is -2.12. The van der Waals surface area contributed by atoms with Crippen LogP contribution in [-0.2, 0) is 4.74 Å². The number of ether oxygens (including phenoxy) is 1. The Balaban J connectivity index is 2.24. The molecular formula is C16H15ClN4O2. The first-order valence-electron chi connectivity index (χ1n) is 7.10. The molecule has 0 amide bonds. The second kappa shape index (κ2) is 5.89. The number of benzene rings is 1. The third-order valence-corrected chi connectivity index (χ3v) is 3.82. The lowest BCUT2D eigenvalue weighted by atomic mass is 10.1. The fraction of sp³-hybridized carbons (Fsp3) is 0.188. The van der Waals surface area contributed by atoms with E-state index >= 15 is 0 Å². The Labute approximate surface area is 137 Å². The summed E-state index contributed by atoms with van der Waals surface area (Å²) in [5.74, 6) is -0.332. The number of esters is 1. The Morgan fingerprint density at radius 3 is 2.83 bits per heavy atom. The highest BCUT2D eigenvalue weighted by molar-refractivity contribution is 6.33. The number of halogens is 1. The minimum atomic E-state index is -0.521. The smallest absolute Gasteiger partial charge is 0.343 e. The predicted molar refractivity (Wildman–Crippen MR) is 88.5 cm³/mol. The van der Waals surface area contributed by atoms with Gasteiger partial charge in [-0.25, -0.2) is 9.78 Å². The average Bonchev–Trinajstić information content (AvgIpc) is 2.85. The van der Waals surface area contributed by atoms with Crippen molar-refractivity contribution in [3.05, 3.63) is 46.7 Å². The van der Waals surface area contributed by atoms with Crippen LogP contribution in [0.25, 0.3) is 16.8 Å². The zero-order valence-corrected chi connectivity index (χ0v) is 13.5. The maximum atomic E-state index is 11.9. The highest BCUT2D eigenvalue weighted by atomic mass is 35.5. The summed E-state index contributed by atoms with van der Waals surface area (Å²) < 4.78 is 6.42. The summed E-state index contributed by atoms with van der Waals surface area (Å²) in [6.45, 7) is 3.84. The molecule has 0 fully saturated rings. The summed E-state index contributed by atoms with van der Waals surface area (Å²) >= 11 is 6.28. The molecule has 0 aliphatic heterocycles. The number of rotatable bonds is 3. The molecule has 0 bridgehead atoms. The summed E-state index contributed by atoms with van der Waals surface area (Å²) in [5, 5.41) is 4.99. The molecule has 1 aromatic carbocycles. The molecule has 6 nitrogen and oxygen atoms in total. The lowest BCUT2D eigenvalue weighted by molar-refractivity contribution is 0.0526. The maximum Gasteiger partial charge on any atom is 0.343 e. The molecule has 0 saturated heterocycles. The van der Waals surface area contributed by atoms with Crippen LogP contribution in [0.2, 0.25) is 5.02 Å². The van der Waals surface area contributed by atoms with E-state index in [2.05, 4.69) is 10.1 Å². The monoisotopic (exact) mass is 330 g/mol. The number of aryl methyl sites for hydroxylation is 1. The van der Waals surface area contributed by atoms with Crippen molar-refractivity contribution in [3.63, 3.8) is 0 Å². The van der Waals surface area contributed by atoms with E-state index in [1.54, 1.807) is 13.0 Å². The van der Waals surface area contributed by atoms with Crippen molar-refractivity contribution in [2.24, 2.45) is 0 Å². The van der Waals surface area contributed by atoms with E-state index in [4.69, 9.17) is 22.1 Å². The molecule has 0 radical (unpaired) electrons. The summed E-state index contributed by atoms with van der Waals surface area (Å²) in [7, 11) is 0. The van der Waals surface area contributed by atoms with Gasteiger partial charge < -0.3 is 10.5 Å². The molecule has 0 atom stereocenters. The number of hydrogen-bond acceptors (Lipinski definition) is 5. The molecule has 3 rings (SSSR count). The summed E-state index contributed by atoms with van der Waals surface area (Å²) in [6, 6.07) is 7.44. The Hall–Kier alpha value is -2.60. The van der Waals surface area contributed by atoms with E-state index < -0.39 is 5.97 Å². The van der Waals surface area contributed by atoms with Crippen LogP contribution in [0.5, 0.6) is 0 Å². The van der Waals surface area contributed by atoms with E-state index in [0.717, 1.165) is 16.8 Å². The first-order valence-corrected chi connectivity index (χ1v) is 7.48. The molecule has 7 heteroatoms. The third-order valence-electron chi connectivity index (χ3n) is 3.49. The van der Waals surface area contributed by atoms with Crippen molar-refractivity contribution in [1.82, 2.24) is 14.6 Å². The molecule has 2 N–H and O–H groups in total. The third kappa shape index (κ3) is 2.51. The van der Waals surface area contributed by atoms with Gasteiger partial charge in [0, 0.05) is 16.8 Å². The number of fused-ring (bicyclic) bond motifs is 1. The van der Waals surface area contributed by atoms with Gasteiger partial charge in [-0.3, -0.25) is 0 Å². The molecule has 2 heterocycles. The molecular weight excluding hydrogens is 316 g/mol. The molecule has 0 unspecified atom stereocenters. The quantitative estimate of drug-likeness (QED) is 0.746. The van der Waals surface area contributed by atoms with Gasteiger partial charge in [0.2, 0.25) is 0 Å². The normalized spacial score (nSPS) is 10.9. The van der Waals surface area contributed by atoms with Gasteiger partial charge >= 0.3 is 5.97 Å². The minimum absolute atomic E-state index is 0.188. The largest absolute Gasteiger partial charge is 0.462 e. The Bertz CT molecular complexity index is 904. The number of aromatic nitrogens is 3. The highest BCUT2D eigenvalue weighted by Crippen LogP contribution is 2.33. The van der Waals surface area contributed by atoms with Crippen molar-refractivity contribution in [3.8, 4) is 11.1 Å². The molecule has 0 aliphatic carbocycles. The fourth-order valence-electron chi connectivity index (χ4n) is 2.45. The first-order chi connectivity index (χ1) is 11.0. The Kier molecular flexibility index (Phi) is 3.92. The lowest BCUT2D eigenvalue weighted by Gasteiger charge is -2.07. The second-order valence-corrected chi connectivity index (χ2v) is 5.36. The van der Waals surface area contributed by atoms with Crippen molar-refractivity contribution in [2.45, 2.75) is 13.8 Å². The SMILES string of the molecule is CCOC(=O)c1cnc2c(-c3ccccc3Cl)c(C)nn2c1N. The minimum Gasteiger partial charge on any atom is -0.462 e. The van der Waals surface area contributed by atoms with E-state index in [0.29, 0.717) is 10.7 Å². The molecule has 118 valence electrons. The van der Waals surface area contributed by atoms with Gasteiger partial charge in [0.15, 0.2) is 5.65 Å². The number of anilines is 1. The van der Waals surface area contributed by atoms with Gasteiger partial charge in [-0.05, 0) is 19.9 Å². The van der Waals surface area contributed by atoms with Crippen LogP contribution in [0.15, 0.2) is 30.5 Å². The van der Waals surface area contributed by atoms with Crippen molar-refractivity contribution in [2.75, 3.05) is 12.3 Å². The number of nitrogens with two attached hydrogens (primary N) is 1. The van der Waals surface area contributed by atoms with Crippen LogP contribution < -0.4 is 5.73 Å². The topological polar surface area (TPSA) is 82.5 Å². The fourth-order valence-corrected chi connectivity index (χ4v) is 2.68. The molecule has 2 aromatic heterocycles. The van der Waals surface area contributed by atoms with E-state index in [1.165, 1.54) is 10.7 Å². The van der Waals surface area contributed by atoms with Crippen LogP contribution in [0.3, 0.4) is 0 Å². The molecule has 0 spiro atoms. The van der Waals surface area contributed by atoms with Gasteiger partial charge in [-0.2, -0.15) is 9.61 Å². The van der Waals surface area contributed by atoms with Crippen LogP contribution in [0, 0.1) is 6.92 Å². The van der Waals surface area contributed by atoms with Gasteiger partial charge in [0.1, 0.15) is 11.4 Å². The highest BCUT2D eigenvalue weighted by Gasteiger charge is 2.20. The van der Waals surface area contributed by atoms with E-state index in [1.807, 2.05) is 25.1 Å². The van der Waals surface area contributed by atoms with Gasteiger partial charge in [-0.1, -0.05) is 29.8 Å². The summed E-state index contributed by atoms with van der Waals surface area (Å²) in [4.78, 5) is 16.3. The van der Waals surface area contributed by atoms with Gasteiger partial charge in [0.05, 0.1) is 17.9 Å². The number of nitrogens with zero attached hydrogens (tertiary/aromatic N) is 3. The van der Waals surface area contributed by atoms with Gasteiger partial charge in [0.25, 0.3) is 0 Å². The maximum absolute atomic E-state index is 11.9. The number of carbonyl (C=O) groups excluding carboxylic acids is 1. The van der Waals surface area contributed by atoms with E-state index in [-0.39, 0.29) is 18.0 Å². The number of nitrogen functional groups attached to an aromatic ring is 1. The van der Waals surface area contributed by atoms with Crippen LogP contribution in [0.4, 0.5) is 5.82 Å². The van der Waals surface area contributed by atoms with Crippen molar-refractivity contribution < 1.29 is 9.53 Å². The van der Waals surface area contributed by atoms with Crippen LogP contribution >= 0.6 is 11.6 Å². The Morgan fingerprint density at radius 2 is 2.13 bits per heavy atom. The summed E-state index contributed by atoms with van der Waals surface area (Å²) in [6.07, 6.45) is 1.41. The first kappa shape index (κ1) is 15.3. The average molecular weight is 331 g/mol. The van der Waals surface area contributed by atoms with Gasteiger partial charge in [-0.15, -0.1) is 0 Å². The van der Waals surface area contributed by atoms with Crippen LogP contribution in [-0.4, -0.2) is 27.2 Å². The zero-order chi connectivity index (χ0) is 16.6. The molecule has 0 saturated carbocycles. The number of carbonyl (C=O) groups is 1. The summed E-state index contributed by atoms with van der Waals surface area (Å²) in [5.41, 5.74) is 9.13. The molecule has 23 heavy (non-hydrogen) atoms. The van der Waals surface area contributed by atoms with Crippen molar-refractivity contribution >= 4 is 29.0 Å². The number of hydrogen-bond donors (Lipinski definition) is 1. The van der Waals surface area contributed by atoms with Crippen molar-refractivity contribution in [1.29, 1.82) is 0 Å². The Morgan fingerprint density at radius 1 is 1.39 bits per heavy atom. The molecule has 0 aliphatic rings. The molecule has 3 aromatic rings.